The van der Waals surface area contributed by atoms with E-state index in [4.69, 9.17) is 4.74 Å². The molecule has 1 unspecified atom stereocenters. The smallest absolute Gasteiger partial charge is 0.295 e. The molecule has 4 rings (SSSR count). The van der Waals surface area contributed by atoms with Crippen molar-refractivity contribution in [1.29, 1.82) is 0 Å². The molecule has 5 nitrogen and oxygen atoms in total. The molecule has 1 amide bonds. The first-order valence-corrected chi connectivity index (χ1v) is 11.2. The zero-order chi connectivity index (χ0) is 21.6. The number of carbonyl (C=O) groups is 2. The summed E-state index contributed by atoms with van der Waals surface area (Å²) in [6.45, 7) is 5.82. The van der Waals surface area contributed by atoms with Gasteiger partial charge in [-0.25, -0.2) is 0 Å². The first kappa shape index (κ1) is 20.7. The van der Waals surface area contributed by atoms with E-state index >= 15 is 0 Å². The first-order valence-electron chi connectivity index (χ1n) is 10.3. The number of aryl methyl sites for hydroxylation is 3. The van der Waals surface area contributed by atoms with Gasteiger partial charge < -0.3 is 14.7 Å². The predicted molar refractivity (Wildman–Crippen MR) is 118 cm³/mol. The average Bonchev–Trinajstić information content (AvgIpc) is 3.42. The zero-order valence-electron chi connectivity index (χ0n) is 17.8. The van der Waals surface area contributed by atoms with Crippen LogP contribution in [0.3, 0.4) is 0 Å². The van der Waals surface area contributed by atoms with Gasteiger partial charge in [0.25, 0.3) is 11.7 Å². The van der Waals surface area contributed by atoms with Crippen molar-refractivity contribution in [1.82, 2.24) is 4.90 Å². The Kier molecular flexibility index (Phi) is 5.45. The summed E-state index contributed by atoms with van der Waals surface area (Å²) in [5.74, 6) is -0.759. The second kappa shape index (κ2) is 7.91. The molecule has 6 heteroatoms. The van der Waals surface area contributed by atoms with Gasteiger partial charge in [-0.05, 0) is 67.8 Å². The molecule has 2 aliphatic rings. The number of thiophene rings is 1. The Labute approximate surface area is 181 Å². The van der Waals surface area contributed by atoms with E-state index in [1.54, 1.807) is 12.0 Å². The maximum atomic E-state index is 13.2. The molecule has 0 radical (unpaired) electrons. The van der Waals surface area contributed by atoms with Crippen molar-refractivity contribution in [3.05, 3.63) is 56.3 Å². The van der Waals surface area contributed by atoms with Crippen molar-refractivity contribution in [2.24, 2.45) is 0 Å². The van der Waals surface area contributed by atoms with Crippen LogP contribution >= 0.6 is 11.3 Å². The highest BCUT2D eigenvalue weighted by molar-refractivity contribution is 7.10. The third-order valence-corrected chi connectivity index (χ3v) is 7.30. The number of Topliss-reactive ketones (excluding diaryl/α,β-unsaturated/α-hetero) is 1. The third-order valence-electron chi connectivity index (χ3n) is 6.23. The van der Waals surface area contributed by atoms with E-state index < -0.39 is 17.7 Å². The Morgan fingerprint density at radius 3 is 2.43 bits per heavy atom. The summed E-state index contributed by atoms with van der Waals surface area (Å²) in [4.78, 5) is 29.0. The molecular weight excluding hydrogens is 398 g/mol. The fraction of sp³-hybridized carbons (Fsp3) is 0.417. The first-order chi connectivity index (χ1) is 14.3. The Bertz CT molecular complexity index is 1050. The van der Waals surface area contributed by atoms with E-state index in [1.807, 2.05) is 44.4 Å². The lowest BCUT2D eigenvalue weighted by atomic mass is 9.95. The highest BCUT2D eigenvalue weighted by Crippen LogP contribution is 2.46. The highest BCUT2D eigenvalue weighted by Gasteiger charge is 2.50. The molecule has 1 aliphatic heterocycles. The lowest BCUT2D eigenvalue weighted by molar-refractivity contribution is -0.141. The van der Waals surface area contributed by atoms with Gasteiger partial charge in [0, 0.05) is 10.9 Å². The minimum absolute atomic E-state index is 0.0272. The van der Waals surface area contributed by atoms with E-state index in [9.17, 15) is 14.7 Å². The molecule has 1 aromatic heterocycles. The van der Waals surface area contributed by atoms with Crippen LogP contribution in [0.4, 0.5) is 0 Å². The number of ether oxygens (including phenoxy) is 1. The molecule has 1 N–H and O–H groups in total. The van der Waals surface area contributed by atoms with Crippen LogP contribution in [-0.2, 0) is 9.59 Å². The van der Waals surface area contributed by atoms with Crippen LogP contribution in [0.25, 0.3) is 5.76 Å². The SMILES string of the molecule is COc1c(C)cc(C)cc1/C(O)=C1\C(=O)C(=O)N(C2CCCC2)C1c1sccc1C. The largest absolute Gasteiger partial charge is 0.507 e. The van der Waals surface area contributed by atoms with Crippen LogP contribution in [-0.4, -0.2) is 34.8 Å². The Balaban J connectivity index is 1.96. The Morgan fingerprint density at radius 2 is 1.83 bits per heavy atom. The van der Waals surface area contributed by atoms with Crippen LogP contribution in [0, 0.1) is 20.8 Å². The topological polar surface area (TPSA) is 66.8 Å². The van der Waals surface area contributed by atoms with Gasteiger partial charge in [-0.1, -0.05) is 18.9 Å². The van der Waals surface area contributed by atoms with Crippen molar-refractivity contribution >= 4 is 28.8 Å². The quantitative estimate of drug-likeness (QED) is 0.423. The number of nitrogens with zero attached hydrogens (tertiary/aromatic N) is 1. The number of benzene rings is 1. The molecule has 30 heavy (non-hydrogen) atoms. The number of aliphatic hydroxyl groups is 1. The van der Waals surface area contributed by atoms with Crippen molar-refractivity contribution in [3.63, 3.8) is 0 Å². The number of hydrogen-bond acceptors (Lipinski definition) is 5. The van der Waals surface area contributed by atoms with E-state index in [2.05, 4.69) is 0 Å². The lowest BCUT2D eigenvalue weighted by Gasteiger charge is -2.30. The summed E-state index contributed by atoms with van der Waals surface area (Å²) in [6, 6.07) is 5.24. The monoisotopic (exact) mass is 425 g/mol. The van der Waals surface area contributed by atoms with E-state index in [1.165, 1.54) is 11.3 Å². The average molecular weight is 426 g/mol. The predicted octanol–water partition coefficient (Wildman–Crippen LogP) is 5.05. The molecule has 0 bridgehead atoms. The molecule has 158 valence electrons. The van der Waals surface area contributed by atoms with Gasteiger partial charge in [0.2, 0.25) is 0 Å². The summed E-state index contributed by atoms with van der Waals surface area (Å²) in [7, 11) is 1.55. The number of aliphatic hydroxyl groups excluding tert-OH is 1. The normalized spacial score (nSPS) is 21.6. The zero-order valence-corrected chi connectivity index (χ0v) is 18.6. The van der Waals surface area contributed by atoms with Gasteiger partial charge in [-0.15, -0.1) is 11.3 Å². The van der Waals surface area contributed by atoms with E-state index in [0.717, 1.165) is 47.3 Å². The van der Waals surface area contributed by atoms with E-state index in [0.29, 0.717) is 11.3 Å². The molecule has 2 heterocycles. The maximum absolute atomic E-state index is 13.2. The van der Waals surface area contributed by atoms with Crippen LogP contribution in [0.5, 0.6) is 5.75 Å². The number of amides is 1. The fourth-order valence-corrected chi connectivity index (χ4v) is 5.91. The molecule has 1 saturated heterocycles. The van der Waals surface area contributed by atoms with Crippen molar-refractivity contribution < 1.29 is 19.4 Å². The van der Waals surface area contributed by atoms with Crippen LogP contribution in [0.1, 0.15) is 58.9 Å². The lowest BCUT2D eigenvalue weighted by Crippen LogP contribution is -2.37. The van der Waals surface area contributed by atoms with Crippen LogP contribution < -0.4 is 4.74 Å². The summed E-state index contributed by atoms with van der Waals surface area (Å²) in [6.07, 6.45) is 3.88. The second-order valence-electron chi connectivity index (χ2n) is 8.28. The molecule has 2 aromatic rings. The fourth-order valence-electron chi connectivity index (χ4n) is 4.88. The Hall–Kier alpha value is -2.60. The number of carbonyl (C=O) groups excluding carboxylic acids is 2. The molecular formula is C24H27NO4S. The molecule has 1 aromatic carbocycles. The van der Waals surface area contributed by atoms with Crippen molar-refractivity contribution in [2.45, 2.75) is 58.5 Å². The highest BCUT2D eigenvalue weighted by atomic mass is 32.1. The van der Waals surface area contributed by atoms with Gasteiger partial charge in [0.1, 0.15) is 17.6 Å². The van der Waals surface area contributed by atoms with E-state index in [-0.39, 0.29) is 17.4 Å². The number of methoxy groups -OCH3 is 1. The van der Waals surface area contributed by atoms with Gasteiger partial charge >= 0.3 is 0 Å². The van der Waals surface area contributed by atoms with Gasteiger partial charge in [-0.2, -0.15) is 0 Å². The van der Waals surface area contributed by atoms with Crippen LogP contribution in [0.15, 0.2) is 29.2 Å². The standard InChI is InChI=1S/C24H27NO4S/c1-13-11-15(3)22(29-4)17(12-13)20(26)18-19(23-14(2)9-10-30-23)25(24(28)21(18)27)16-7-5-6-8-16/h9-12,16,19,26H,5-8H2,1-4H3/b20-18+. The van der Waals surface area contributed by atoms with Crippen molar-refractivity contribution in [3.8, 4) is 5.75 Å². The van der Waals surface area contributed by atoms with Crippen molar-refractivity contribution in [2.75, 3.05) is 7.11 Å². The summed E-state index contributed by atoms with van der Waals surface area (Å²) in [5.41, 5.74) is 3.46. The molecule has 0 spiro atoms. The molecule has 2 fully saturated rings. The van der Waals surface area contributed by atoms with Gasteiger partial charge in [-0.3, -0.25) is 9.59 Å². The second-order valence-corrected chi connectivity index (χ2v) is 9.22. The maximum Gasteiger partial charge on any atom is 0.295 e. The number of likely N-dealkylation sites (tertiary alicyclic amines) is 1. The summed E-state index contributed by atoms with van der Waals surface area (Å²) >= 11 is 1.52. The summed E-state index contributed by atoms with van der Waals surface area (Å²) in [5, 5.41) is 13.4. The minimum Gasteiger partial charge on any atom is -0.507 e. The molecule has 1 atom stereocenters. The van der Waals surface area contributed by atoms with Gasteiger partial charge in [0.15, 0.2) is 0 Å². The molecule has 1 aliphatic carbocycles. The number of rotatable bonds is 4. The third kappa shape index (κ3) is 3.23. The summed E-state index contributed by atoms with van der Waals surface area (Å²) < 4.78 is 5.55. The van der Waals surface area contributed by atoms with Crippen LogP contribution in [0.2, 0.25) is 0 Å². The number of ketones is 1. The minimum atomic E-state index is -0.613. The molecule has 1 saturated carbocycles. The number of hydrogen-bond donors (Lipinski definition) is 1. The van der Waals surface area contributed by atoms with Gasteiger partial charge in [0.05, 0.1) is 18.2 Å². The Morgan fingerprint density at radius 1 is 1.13 bits per heavy atom.